The highest BCUT2D eigenvalue weighted by atomic mass is 16.5. The highest BCUT2D eigenvalue weighted by Gasteiger charge is 2.10. The van der Waals surface area contributed by atoms with Crippen LogP contribution in [0.3, 0.4) is 0 Å². The topological polar surface area (TPSA) is 94.3 Å². The summed E-state index contributed by atoms with van der Waals surface area (Å²) in [5.41, 5.74) is 6.94. The van der Waals surface area contributed by atoms with Gasteiger partial charge in [-0.05, 0) is 25.5 Å². The quantitative estimate of drug-likeness (QED) is 0.722. The van der Waals surface area contributed by atoms with E-state index in [1.54, 1.807) is 6.20 Å². The van der Waals surface area contributed by atoms with Gasteiger partial charge in [-0.25, -0.2) is 0 Å². The summed E-state index contributed by atoms with van der Waals surface area (Å²) >= 11 is 0. The molecule has 104 valence electrons. The molecule has 1 unspecified atom stereocenters. The van der Waals surface area contributed by atoms with E-state index in [0.29, 0.717) is 6.42 Å². The van der Waals surface area contributed by atoms with Crippen LogP contribution in [0, 0.1) is 6.92 Å². The number of hydrogen-bond acceptors (Lipinski definition) is 4. The number of rotatable bonds is 7. The minimum atomic E-state index is -0.593. The Kier molecular flexibility index (Phi) is 5.95. The van der Waals surface area contributed by atoms with Crippen molar-refractivity contribution >= 4 is 11.8 Å². The predicted octanol–water partition coefficient (Wildman–Crippen LogP) is -0.0609. The molecule has 1 heterocycles. The Balaban J connectivity index is 2.34. The van der Waals surface area contributed by atoms with Crippen LogP contribution in [0.2, 0.25) is 0 Å². The van der Waals surface area contributed by atoms with Crippen LogP contribution in [0.4, 0.5) is 0 Å². The molecule has 0 fully saturated rings. The number of carbonyl (C=O) groups excluding carboxylic acids is 2. The molecule has 0 radical (unpaired) electrons. The van der Waals surface area contributed by atoms with Gasteiger partial charge < -0.3 is 15.8 Å². The Hall–Kier alpha value is -1.95. The van der Waals surface area contributed by atoms with Crippen molar-refractivity contribution in [2.24, 2.45) is 5.73 Å². The van der Waals surface area contributed by atoms with Gasteiger partial charge in [0, 0.05) is 24.4 Å². The number of ether oxygens (including phenoxy) is 1. The van der Waals surface area contributed by atoms with Crippen molar-refractivity contribution in [3.8, 4) is 0 Å². The summed E-state index contributed by atoms with van der Waals surface area (Å²) < 4.78 is 4.83. The Morgan fingerprint density at radius 3 is 2.84 bits per heavy atom. The molecule has 0 saturated carbocycles. The van der Waals surface area contributed by atoms with Crippen LogP contribution in [0.5, 0.6) is 0 Å². The highest BCUT2D eigenvalue weighted by molar-refractivity contribution is 5.78. The number of amides is 2. The van der Waals surface area contributed by atoms with Crippen molar-refractivity contribution in [3.63, 3.8) is 0 Å². The minimum Gasteiger partial charge on any atom is -0.368 e. The molecular formula is C13H19N3O3. The second-order valence-electron chi connectivity index (χ2n) is 4.40. The van der Waals surface area contributed by atoms with Gasteiger partial charge in [0.2, 0.25) is 11.8 Å². The average Bonchev–Trinajstić information content (AvgIpc) is 2.31. The Morgan fingerprint density at radius 1 is 1.47 bits per heavy atom. The van der Waals surface area contributed by atoms with Gasteiger partial charge in [0.05, 0.1) is 0 Å². The number of aryl methyl sites for hydroxylation is 1. The first-order chi connectivity index (χ1) is 8.99. The lowest BCUT2D eigenvalue weighted by molar-refractivity contribution is -0.129. The molecule has 1 aromatic heterocycles. The fourth-order valence-electron chi connectivity index (χ4n) is 1.63. The van der Waals surface area contributed by atoms with Crippen LogP contribution < -0.4 is 11.1 Å². The van der Waals surface area contributed by atoms with E-state index in [-0.39, 0.29) is 25.2 Å². The minimum absolute atomic E-state index is 0.0571. The van der Waals surface area contributed by atoms with Crippen molar-refractivity contribution in [2.45, 2.75) is 26.3 Å². The molecule has 0 aliphatic rings. The van der Waals surface area contributed by atoms with Crippen LogP contribution in [0.15, 0.2) is 18.3 Å². The van der Waals surface area contributed by atoms with Gasteiger partial charge in [0.25, 0.3) is 0 Å². The normalized spacial score (nSPS) is 11.9. The summed E-state index contributed by atoms with van der Waals surface area (Å²) in [5, 5.41) is 2.77. The number of aromatic nitrogens is 1. The third-order valence-electron chi connectivity index (χ3n) is 2.50. The van der Waals surface area contributed by atoms with Crippen molar-refractivity contribution in [1.29, 1.82) is 0 Å². The van der Waals surface area contributed by atoms with Gasteiger partial charge in [-0.1, -0.05) is 6.07 Å². The number of carbonyl (C=O) groups is 2. The first kappa shape index (κ1) is 15.1. The predicted molar refractivity (Wildman–Crippen MR) is 70.3 cm³/mol. The van der Waals surface area contributed by atoms with E-state index in [1.807, 2.05) is 26.0 Å². The first-order valence-corrected chi connectivity index (χ1v) is 6.05. The lowest BCUT2D eigenvalue weighted by atomic mass is 10.1. The van der Waals surface area contributed by atoms with Crippen molar-refractivity contribution < 1.29 is 14.3 Å². The third kappa shape index (κ3) is 5.96. The summed E-state index contributed by atoms with van der Waals surface area (Å²) in [7, 11) is 0. The Morgan fingerprint density at radius 2 is 2.21 bits per heavy atom. The van der Waals surface area contributed by atoms with E-state index in [4.69, 9.17) is 10.5 Å². The average molecular weight is 265 g/mol. The maximum absolute atomic E-state index is 11.5. The standard InChI is InChI=1S/C13H19N3O3/c1-9-4-3-5-15-11(9)6-10(2)16-13(18)8-19-7-12(14)17/h3-5,10H,6-8H2,1-2H3,(H2,14,17)(H,16,18). The molecule has 0 spiro atoms. The molecule has 19 heavy (non-hydrogen) atoms. The molecule has 1 aromatic rings. The fourth-order valence-corrected chi connectivity index (χ4v) is 1.63. The van der Waals surface area contributed by atoms with Gasteiger partial charge >= 0.3 is 0 Å². The summed E-state index contributed by atoms with van der Waals surface area (Å²) in [6, 6.07) is 3.80. The maximum Gasteiger partial charge on any atom is 0.246 e. The smallest absolute Gasteiger partial charge is 0.246 e. The van der Waals surface area contributed by atoms with Crippen LogP contribution in [0.25, 0.3) is 0 Å². The SMILES string of the molecule is Cc1cccnc1CC(C)NC(=O)COCC(N)=O. The maximum atomic E-state index is 11.5. The molecule has 0 aliphatic heterocycles. The zero-order valence-electron chi connectivity index (χ0n) is 11.2. The summed E-state index contributed by atoms with van der Waals surface area (Å²) in [6.45, 7) is 3.45. The first-order valence-electron chi connectivity index (χ1n) is 6.05. The third-order valence-corrected chi connectivity index (χ3v) is 2.50. The second kappa shape index (κ2) is 7.48. The largest absolute Gasteiger partial charge is 0.368 e. The van der Waals surface area contributed by atoms with Gasteiger partial charge in [-0.15, -0.1) is 0 Å². The van der Waals surface area contributed by atoms with Gasteiger partial charge in [0.1, 0.15) is 13.2 Å². The van der Waals surface area contributed by atoms with Crippen molar-refractivity contribution in [1.82, 2.24) is 10.3 Å². The van der Waals surface area contributed by atoms with E-state index in [9.17, 15) is 9.59 Å². The zero-order valence-corrected chi connectivity index (χ0v) is 11.2. The van der Waals surface area contributed by atoms with Gasteiger partial charge in [-0.2, -0.15) is 0 Å². The summed E-state index contributed by atoms with van der Waals surface area (Å²) in [4.78, 5) is 26.2. The number of pyridine rings is 1. The highest BCUT2D eigenvalue weighted by Crippen LogP contribution is 2.06. The van der Waals surface area contributed by atoms with Crippen LogP contribution in [-0.2, 0) is 20.7 Å². The number of primary amides is 1. The summed E-state index contributed by atoms with van der Waals surface area (Å²) in [5.74, 6) is -0.868. The van der Waals surface area contributed by atoms with Crippen LogP contribution in [-0.4, -0.2) is 36.1 Å². The van der Waals surface area contributed by atoms with E-state index in [0.717, 1.165) is 11.3 Å². The summed E-state index contributed by atoms with van der Waals surface area (Å²) in [6.07, 6.45) is 2.38. The van der Waals surface area contributed by atoms with Gasteiger partial charge in [-0.3, -0.25) is 14.6 Å². The molecule has 3 N–H and O–H groups in total. The molecule has 0 aromatic carbocycles. The number of nitrogens with two attached hydrogens (primary N) is 1. The molecular weight excluding hydrogens is 246 g/mol. The monoisotopic (exact) mass is 265 g/mol. The molecule has 2 amide bonds. The Labute approximate surface area is 112 Å². The lowest BCUT2D eigenvalue weighted by Gasteiger charge is -2.14. The molecule has 6 heteroatoms. The molecule has 1 rings (SSSR count). The van der Waals surface area contributed by atoms with Crippen LogP contribution >= 0.6 is 0 Å². The Bertz CT molecular complexity index is 449. The molecule has 6 nitrogen and oxygen atoms in total. The number of nitrogens with zero attached hydrogens (tertiary/aromatic N) is 1. The molecule has 0 aliphatic carbocycles. The second-order valence-corrected chi connectivity index (χ2v) is 4.40. The van der Waals surface area contributed by atoms with Crippen LogP contribution in [0.1, 0.15) is 18.2 Å². The molecule has 0 bridgehead atoms. The fraction of sp³-hybridized carbons (Fsp3) is 0.462. The van der Waals surface area contributed by atoms with E-state index in [2.05, 4.69) is 10.3 Å². The van der Waals surface area contributed by atoms with E-state index < -0.39 is 5.91 Å². The van der Waals surface area contributed by atoms with E-state index in [1.165, 1.54) is 0 Å². The number of hydrogen-bond donors (Lipinski definition) is 2. The molecule has 0 saturated heterocycles. The van der Waals surface area contributed by atoms with E-state index >= 15 is 0 Å². The van der Waals surface area contributed by atoms with Crippen molar-refractivity contribution in [2.75, 3.05) is 13.2 Å². The van der Waals surface area contributed by atoms with Gasteiger partial charge in [0.15, 0.2) is 0 Å². The zero-order chi connectivity index (χ0) is 14.3. The molecule has 1 atom stereocenters. The lowest BCUT2D eigenvalue weighted by Crippen LogP contribution is -2.37. The number of nitrogens with one attached hydrogen (secondary N) is 1. The van der Waals surface area contributed by atoms with Crippen molar-refractivity contribution in [3.05, 3.63) is 29.6 Å².